The minimum Gasteiger partial charge on any atom is -0.478 e. The van der Waals surface area contributed by atoms with Crippen LogP contribution in [0.1, 0.15) is 97.3 Å². The first-order valence-electron chi connectivity index (χ1n) is 11.4. The second-order valence-electron chi connectivity index (χ2n) is 7.94. The average Bonchev–Trinajstić information content (AvgIpc) is 3.19. The van der Waals surface area contributed by atoms with Crippen LogP contribution in [0.5, 0.6) is 0 Å². The lowest BCUT2D eigenvalue weighted by molar-refractivity contribution is -0.131. The third kappa shape index (κ3) is 12.6. The summed E-state index contributed by atoms with van der Waals surface area (Å²) in [5, 5.41) is 13.7. The van der Waals surface area contributed by atoms with E-state index in [1.165, 1.54) is 76.7 Å². The number of carbonyl (C=O) groups is 1. The van der Waals surface area contributed by atoms with Crippen molar-refractivity contribution in [2.75, 3.05) is 0 Å². The number of aliphatic carboxylic acids is 1. The number of aromatic nitrogens is 1. The van der Waals surface area contributed by atoms with Gasteiger partial charge in [0.1, 0.15) is 0 Å². The number of carboxylic acids is 1. The van der Waals surface area contributed by atoms with Gasteiger partial charge in [-0.2, -0.15) is 0 Å². The monoisotopic (exact) mass is 389 g/mol. The third-order valence-electron chi connectivity index (χ3n) is 5.40. The van der Waals surface area contributed by atoms with Gasteiger partial charge >= 0.3 is 5.97 Å². The van der Waals surface area contributed by atoms with Crippen LogP contribution in [0.3, 0.4) is 0 Å². The molecule has 160 valence electrons. The van der Waals surface area contributed by atoms with Crippen LogP contribution < -0.4 is 0 Å². The quantitative estimate of drug-likeness (QED) is 0.199. The predicted molar refractivity (Wildman–Crippen MR) is 119 cm³/mol. The van der Waals surface area contributed by atoms with E-state index in [-0.39, 0.29) is 6.04 Å². The molecule has 1 aromatic rings. The highest BCUT2D eigenvalue weighted by molar-refractivity contribution is 5.80. The lowest BCUT2D eigenvalue weighted by Gasteiger charge is -2.25. The van der Waals surface area contributed by atoms with Gasteiger partial charge in [-0.25, -0.2) is 4.79 Å². The molecule has 0 amide bonds. The van der Waals surface area contributed by atoms with Crippen LogP contribution in [0, 0.1) is 5.92 Å². The first-order chi connectivity index (χ1) is 13.7. The summed E-state index contributed by atoms with van der Waals surface area (Å²) in [5.74, 6) is 0.647. The smallest absolute Gasteiger partial charge is 0.327 e. The van der Waals surface area contributed by atoms with E-state index < -0.39 is 5.97 Å². The van der Waals surface area contributed by atoms with Gasteiger partial charge < -0.3 is 15.4 Å². The molecule has 1 heterocycles. The summed E-state index contributed by atoms with van der Waals surface area (Å²) in [5.41, 5.74) is 0. The number of rotatable bonds is 18. The molecular weight excluding hydrogens is 348 g/mol. The minimum absolute atomic E-state index is 0.0759. The van der Waals surface area contributed by atoms with E-state index >= 15 is 0 Å². The second-order valence-corrected chi connectivity index (χ2v) is 7.94. The maximum Gasteiger partial charge on any atom is 0.327 e. The SMILES string of the molecule is CCCCCCCC[C@H](CCCCC)CC[C@H](/C=C/C(=O)O)[N-]c1ccc[nH]1. The van der Waals surface area contributed by atoms with Crippen LogP contribution in [0.2, 0.25) is 0 Å². The fourth-order valence-corrected chi connectivity index (χ4v) is 3.71. The molecule has 0 unspecified atom stereocenters. The maximum atomic E-state index is 10.9. The molecule has 0 aromatic carbocycles. The summed E-state index contributed by atoms with van der Waals surface area (Å²) in [6.45, 7) is 4.52. The Morgan fingerprint density at radius 3 is 2.29 bits per heavy atom. The second kappa shape index (κ2) is 16.3. The molecule has 1 rings (SSSR count). The lowest BCUT2D eigenvalue weighted by atomic mass is 9.89. The van der Waals surface area contributed by atoms with Crippen molar-refractivity contribution >= 4 is 11.8 Å². The van der Waals surface area contributed by atoms with Crippen LogP contribution in [-0.2, 0) is 4.79 Å². The topological polar surface area (TPSA) is 67.2 Å². The Balaban J connectivity index is 2.49. The molecule has 0 aliphatic heterocycles. The Bertz CT molecular complexity index is 511. The summed E-state index contributed by atoms with van der Waals surface area (Å²) in [4.78, 5) is 14.0. The standard InChI is InChI=1S/C24H41N2O2/c1-3-5-7-8-9-11-14-21(13-10-6-4-2)16-17-22(18-19-24(27)28)26-23-15-12-20-25-23/h12,15,18-22,25H,3-11,13-14,16-17H2,1-2H3,(H,27,28)/q-1/b19-18+/t21-,22+/m0/s1. The van der Waals surface area contributed by atoms with Crippen LogP contribution in [0.15, 0.2) is 30.5 Å². The lowest BCUT2D eigenvalue weighted by Crippen LogP contribution is -2.08. The zero-order valence-electron chi connectivity index (χ0n) is 18.0. The van der Waals surface area contributed by atoms with Crippen molar-refractivity contribution in [2.45, 2.75) is 103 Å². The van der Waals surface area contributed by atoms with Gasteiger partial charge in [-0.3, -0.25) is 0 Å². The van der Waals surface area contributed by atoms with Gasteiger partial charge in [-0.15, -0.1) is 0 Å². The van der Waals surface area contributed by atoms with Crippen molar-refractivity contribution in [3.05, 3.63) is 35.8 Å². The van der Waals surface area contributed by atoms with Crippen molar-refractivity contribution in [1.82, 2.24) is 4.98 Å². The molecule has 0 saturated carbocycles. The van der Waals surface area contributed by atoms with Gasteiger partial charge in [0.25, 0.3) is 0 Å². The first-order valence-corrected chi connectivity index (χ1v) is 11.4. The molecule has 0 fully saturated rings. The van der Waals surface area contributed by atoms with Gasteiger partial charge in [-0.05, 0) is 24.8 Å². The van der Waals surface area contributed by atoms with Gasteiger partial charge in [-0.1, -0.05) is 115 Å². The summed E-state index contributed by atoms with van der Waals surface area (Å²) in [6.07, 6.45) is 21.4. The van der Waals surface area contributed by atoms with Crippen LogP contribution in [0.4, 0.5) is 5.82 Å². The number of unbranched alkanes of at least 4 members (excludes halogenated alkanes) is 7. The Morgan fingerprint density at radius 1 is 1.00 bits per heavy atom. The summed E-state index contributed by atoms with van der Waals surface area (Å²) in [6, 6.07) is 3.77. The fourth-order valence-electron chi connectivity index (χ4n) is 3.71. The van der Waals surface area contributed by atoms with Crippen molar-refractivity contribution in [2.24, 2.45) is 5.92 Å². The number of nitrogens with one attached hydrogen (secondary N) is 1. The summed E-state index contributed by atoms with van der Waals surface area (Å²) < 4.78 is 0. The predicted octanol–water partition coefficient (Wildman–Crippen LogP) is 7.76. The third-order valence-corrected chi connectivity index (χ3v) is 5.40. The molecule has 0 aliphatic rings. The molecule has 0 saturated heterocycles. The summed E-state index contributed by atoms with van der Waals surface area (Å²) >= 11 is 0. The number of hydrogen-bond acceptors (Lipinski definition) is 1. The van der Waals surface area contributed by atoms with Gasteiger partial charge in [0.15, 0.2) is 0 Å². The van der Waals surface area contributed by atoms with Crippen LogP contribution >= 0.6 is 0 Å². The molecule has 0 aliphatic carbocycles. The zero-order valence-corrected chi connectivity index (χ0v) is 18.0. The van der Waals surface area contributed by atoms with Gasteiger partial charge in [0.2, 0.25) is 0 Å². The van der Waals surface area contributed by atoms with Crippen LogP contribution in [-0.4, -0.2) is 22.1 Å². The first kappa shape index (κ1) is 24.3. The normalized spacial score (nSPS) is 13.6. The molecule has 4 nitrogen and oxygen atoms in total. The Hall–Kier alpha value is -1.71. The Kier molecular flexibility index (Phi) is 14.1. The highest BCUT2D eigenvalue weighted by Crippen LogP contribution is 2.28. The average molecular weight is 390 g/mol. The molecule has 2 atom stereocenters. The molecule has 0 spiro atoms. The molecule has 4 heteroatoms. The molecular formula is C24H41N2O2-. The minimum atomic E-state index is -0.904. The largest absolute Gasteiger partial charge is 0.478 e. The van der Waals surface area contributed by atoms with E-state index in [4.69, 9.17) is 5.11 Å². The van der Waals surface area contributed by atoms with Crippen molar-refractivity contribution in [1.29, 1.82) is 0 Å². The van der Waals surface area contributed by atoms with E-state index in [0.29, 0.717) is 0 Å². The number of H-pyrrole nitrogens is 1. The highest BCUT2D eigenvalue weighted by Gasteiger charge is 2.11. The van der Waals surface area contributed by atoms with E-state index in [9.17, 15) is 4.79 Å². The highest BCUT2D eigenvalue weighted by atomic mass is 16.4. The fraction of sp³-hybridized carbons (Fsp3) is 0.708. The molecule has 0 radical (unpaired) electrons. The number of hydrogen-bond donors (Lipinski definition) is 2. The Morgan fingerprint density at radius 2 is 1.64 bits per heavy atom. The number of carboxylic acid groups (broad SMARTS) is 1. The van der Waals surface area contributed by atoms with E-state index in [1.54, 1.807) is 6.08 Å². The molecule has 1 aromatic heterocycles. The van der Waals surface area contributed by atoms with E-state index in [1.807, 2.05) is 18.3 Å². The molecule has 28 heavy (non-hydrogen) atoms. The van der Waals surface area contributed by atoms with Crippen LogP contribution in [0.25, 0.3) is 5.32 Å². The molecule has 0 bridgehead atoms. The molecule has 2 N–H and O–H groups in total. The zero-order chi connectivity index (χ0) is 20.5. The Labute approximate surface area is 172 Å². The van der Waals surface area contributed by atoms with Crippen molar-refractivity contribution in [3.63, 3.8) is 0 Å². The van der Waals surface area contributed by atoms with Crippen molar-refractivity contribution in [3.8, 4) is 0 Å². The van der Waals surface area contributed by atoms with E-state index in [0.717, 1.165) is 24.6 Å². The van der Waals surface area contributed by atoms with Gasteiger partial charge in [0, 0.05) is 6.08 Å². The summed E-state index contributed by atoms with van der Waals surface area (Å²) in [7, 11) is 0. The van der Waals surface area contributed by atoms with Gasteiger partial charge in [0.05, 0.1) is 0 Å². The number of nitrogens with zero attached hydrogens (tertiary/aromatic N) is 1. The maximum absolute atomic E-state index is 10.9. The number of aromatic amines is 1. The van der Waals surface area contributed by atoms with E-state index in [2.05, 4.69) is 24.1 Å². The van der Waals surface area contributed by atoms with Crippen molar-refractivity contribution < 1.29 is 9.90 Å².